The van der Waals surface area contributed by atoms with Crippen LogP contribution in [0.15, 0.2) is 28.8 Å². The average Bonchev–Trinajstić information content (AvgIpc) is 3.11. The summed E-state index contributed by atoms with van der Waals surface area (Å²) in [6.45, 7) is 1.96. The van der Waals surface area contributed by atoms with E-state index in [1.807, 2.05) is 12.1 Å². The third-order valence-corrected chi connectivity index (χ3v) is 4.66. The molecule has 0 radical (unpaired) electrons. The monoisotopic (exact) mass is 364 g/mol. The van der Waals surface area contributed by atoms with E-state index in [2.05, 4.69) is 20.8 Å². The summed E-state index contributed by atoms with van der Waals surface area (Å²) in [7, 11) is 1.58. The number of nitrogens with zero attached hydrogens (tertiary/aromatic N) is 2. The summed E-state index contributed by atoms with van der Waals surface area (Å²) in [5, 5.41) is 10.8. The average molecular weight is 365 g/mol. The SMILES string of the molecule is COC1(C(=O)NCCc2nc(-c3ccc(Cl)cc3)no2)CCNCC1. The maximum absolute atomic E-state index is 12.5. The van der Waals surface area contributed by atoms with Gasteiger partial charge in [-0.3, -0.25) is 4.79 Å². The van der Waals surface area contributed by atoms with Crippen molar-refractivity contribution in [3.63, 3.8) is 0 Å². The third kappa shape index (κ3) is 4.18. The molecular weight excluding hydrogens is 344 g/mol. The number of hydrogen-bond acceptors (Lipinski definition) is 6. The van der Waals surface area contributed by atoms with Crippen molar-refractivity contribution in [1.29, 1.82) is 0 Å². The highest BCUT2D eigenvalue weighted by molar-refractivity contribution is 6.30. The third-order valence-electron chi connectivity index (χ3n) is 4.41. The van der Waals surface area contributed by atoms with Crippen molar-refractivity contribution in [2.75, 3.05) is 26.7 Å². The Hall–Kier alpha value is -1.96. The normalized spacial score (nSPS) is 16.6. The number of hydrogen-bond donors (Lipinski definition) is 2. The van der Waals surface area contributed by atoms with E-state index in [9.17, 15) is 4.79 Å². The van der Waals surface area contributed by atoms with Gasteiger partial charge < -0.3 is 19.9 Å². The topological polar surface area (TPSA) is 89.3 Å². The smallest absolute Gasteiger partial charge is 0.252 e. The summed E-state index contributed by atoms with van der Waals surface area (Å²) >= 11 is 5.87. The van der Waals surface area contributed by atoms with Gasteiger partial charge in [0.25, 0.3) is 5.91 Å². The highest BCUT2D eigenvalue weighted by atomic mass is 35.5. The minimum absolute atomic E-state index is 0.0889. The summed E-state index contributed by atoms with van der Waals surface area (Å²) in [6, 6.07) is 7.21. The van der Waals surface area contributed by atoms with Gasteiger partial charge in [-0.2, -0.15) is 4.98 Å². The predicted octanol–water partition coefficient (Wildman–Crippen LogP) is 1.82. The summed E-state index contributed by atoms with van der Waals surface area (Å²) in [5.41, 5.74) is 0.0886. The van der Waals surface area contributed by atoms with E-state index in [1.165, 1.54) is 0 Å². The minimum atomic E-state index is -0.742. The zero-order valence-corrected chi connectivity index (χ0v) is 14.8. The highest BCUT2D eigenvalue weighted by Gasteiger charge is 2.39. The van der Waals surface area contributed by atoms with Gasteiger partial charge in [0.1, 0.15) is 5.60 Å². The molecule has 1 fully saturated rings. The number of rotatable bonds is 6. The van der Waals surface area contributed by atoms with E-state index < -0.39 is 5.60 Å². The number of piperidine rings is 1. The number of carbonyl (C=O) groups is 1. The van der Waals surface area contributed by atoms with Crippen molar-refractivity contribution >= 4 is 17.5 Å². The first-order chi connectivity index (χ1) is 12.1. The molecule has 134 valence electrons. The van der Waals surface area contributed by atoms with Gasteiger partial charge in [0.05, 0.1) is 0 Å². The molecule has 8 heteroatoms. The molecule has 0 unspecified atom stereocenters. The maximum atomic E-state index is 12.5. The number of nitrogens with one attached hydrogen (secondary N) is 2. The number of ether oxygens (including phenoxy) is 1. The lowest BCUT2D eigenvalue weighted by Crippen LogP contribution is -2.54. The van der Waals surface area contributed by atoms with Gasteiger partial charge in [0.15, 0.2) is 0 Å². The Bertz CT molecular complexity index is 711. The standard InChI is InChI=1S/C17H21ClN4O3/c1-24-17(7-10-19-11-8-17)16(23)20-9-6-14-21-15(22-25-14)12-2-4-13(18)5-3-12/h2-5,19H,6-11H2,1H3,(H,20,23). The van der Waals surface area contributed by atoms with E-state index in [1.54, 1.807) is 19.2 Å². The van der Waals surface area contributed by atoms with Gasteiger partial charge in [-0.15, -0.1) is 0 Å². The Morgan fingerprint density at radius 3 is 2.76 bits per heavy atom. The van der Waals surface area contributed by atoms with Crippen LogP contribution in [0.3, 0.4) is 0 Å². The van der Waals surface area contributed by atoms with Crippen LogP contribution in [0.2, 0.25) is 5.02 Å². The molecule has 0 aliphatic carbocycles. The Kier molecular flexibility index (Phi) is 5.67. The molecule has 3 rings (SSSR count). The van der Waals surface area contributed by atoms with E-state index >= 15 is 0 Å². The molecule has 0 saturated carbocycles. The van der Waals surface area contributed by atoms with Gasteiger partial charge in [-0.1, -0.05) is 16.8 Å². The van der Waals surface area contributed by atoms with Crippen LogP contribution in [0.4, 0.5) is 0 Å². The molecule has 1 aromatic carbocycles. The number of amides is 1. The molecule has 25 heavy (non-hydrogen) atoms. The van der Waals surface area contributed by atoms with Crippen LogP contribution in [-0.2, 0) is 16.0 Å². The summed E-state index contributed by atoms with van der Waals surface area (Å²) in [6.07, 6.45) is 1.79. The van der Waals surface area contributed by atoms with Crippen molar-refractivity contribution in [2.45, 2.75) is 24.9 Å². The van der Waals surface area contributed by atoms with Gasteiger partial charge in [0, 0.05) is 30.7 Å². The zero-order valence-electron chi connectivity index (χ0n) is 14.0. The van der Waals surface area contributed by atoms with Crippen LogP contribution in [-0.4, -0.2) is 48.4 Å². The zero-order chi connectivity index (χ0) is 17.7. The lowest BCUT2D eigenvalue weighted by molar-refractivity contribution is -0.146. The molecule has 1 aromatic heterocycles. The lowest BCUT2D eigenvalue weighted by atomic mass is 9.91. The van der Waals surface area contributed by atoms with Crippen molar-refractivity contribution in [1.82, 2.24) is 20.8 Å². The number of halogens is 1. The second-order valence-corrected chi connectivity index (χ2v) is 6.41. The Morgan fingerprint density at radius 2 is 2.08 bits per heavy atom. The molecule has 2 aromatic rings. The summed E-state index contributed by atoms with van der Waals surface area (Å²) in [4.78, 5) is 16.8. The Labute approximate surface area is 151 Å². The van der Waals surface area contributed by atoms with E-state index in [0.29, 0.717) is 42.5 Å². The first-order valence-corrected chi connectivity index (χ1v) is 8.63. The van der Waals surface area contributed by atoms with Crippen molar-refractivity contribution < 1.29 is 14.1 Å². The molecule has 0 bridgehead atoms. The first kappa shape index (κ1) is 17.8. The van der Waals surface area contributed by atoms with E-state index in [4.69, 9.17) is 20.9 Å². The Balaban J connectivity index is 1.54. The molecule has 2 heterocycles. The lowest BCUT2D eigenvalue weighted by Gasteiger charge is -2.34. The van der Waals surface area contributed by atoms with Crippen molar-refractivity contribution in [2.24, 2.45) is 0 Å². The second-order valence-electron chi connectivity index (χ2n) is 5.97. The number of aromatic nitrogens is 2. The molecular formula is C17H21ClN4O3. The second kappa shape index (κ2) is 7.95. The largest absolute Gasteiger partial charge is 0.368 e. The van der Waals surface area contributed by atoms with Crippen LogP contribution in [0.25, 0.3) is 11.4 Å². The molecule has 0 spiro atoms. The molecule has 0 atom stereocenters. The van der Waals surface area contributed by atoms with Gasteiger partial charge in [0.2, 0.25) is 11.7 Å². The van der Waals surface area contributed by atoms with Crippen LogP contribution in [0, 0.1) is 0 Å². The summed E-state index contributed by atoms with van der Waals surface area (Å²) < 4.78 is 10.7. The fourth-order valence-electron chi connectivity index (χ4n) is 2.87. The molecule has 1 amide bonds. The van der Waals surface area contributed by atoms with E-state index in [0.717, 1.165) is 18.7 Å². The molecule has 1 saturated heterocycles. The number of carbonyl (C=O) groups excluding carboxylic acids is 1. The fourth-order valence-corrected chi connectivity index (χ4v) is 3.00. The van der Waals surface area contributed by atoms with Crippen molar-refractivity contribution in [3.05, 3.63) is 35.2 Å². The maximum Gasteiger partial charge on any atom is 0.252 e. The minimum Gasteiger partial charge on any atom is -0.368 e. The van der Waals surface area contributed by atoms with Crippen LogP contribution >= 0.6 is 11.6 Å². The van der Waals surface area contributed by atoms with Gasteiger partial charge in [-0.05, 0) is 50.2 Å². The van der Waals surface area contributed by atoms with Crippen molar-refractivity contribution in [3.8, 4) is 11.4 Å². The summed E-state index contributed by atoms with van der Waals surface area (Å²) in [5.74, 6) is 0.890. The highest BCUT2D eigenvalue weighted by Crippen LogP contribution is 2.22. The fraction of sp³-hybridized carbons (Fsp3) is 0.471. The first-order valence-electron chi connectivity index (χ1n) is 8.26. The van der Waals surface area contributed by atoms with Crippen LogP contribution in [0.1, 0.15) is 18.7 Å². The van der Waals surface area contributed by atoms with Gasteiger partial charge in [-0.25, -0.2) is 0 Å². The molecule has 7 nitrogen and oxygen atoms in total. The number of methoxy groups -OCH3 is 1. The van der Waals surface area contributed by atoms with Gasteiger partial charge >= 0.3 is 0 Å². The van der Waals surface area contributed by atoms with E-state index in [-0.39, 0.29) is 5.91 Å². The predicted molar refractivity (Wildman–Crippen MR) is 93.3 cm³/mol. The quantitative estimate of drug-likeness (QED) is 0.812. The molecule has 2 N–H and O–H groups in total. The molecule has 1 aliphatic rings. The number of benzene rings is 1. The van der Waals surface area contributed by atoms with Crippen LogP contribution in [0.5, 0.6) is 0 Å². The van der Waals surface area contributed by atoms with Crippen LogP contribution < -0.4 is 10.6 Å². The Morgan fingerprint density at radius 1 is 1.36 bits per heavy atom. The molecule has 1 aliphatic heterocycles.